The Morgan fingerprint density at radius 3 is 2.84 bits per heavy atom. The van der Waals surface area contributed by atoms with E-state index in [4.69, 9.17) is 10.5 Å². The summed E-state index contributed by atoms with van der Waals surface area (Å²) in [5, 5.41) is 1.17. The zero-order valence-corrected chi connectivity index (χ0v) is 12.7. The van der Waals surface area contributed by atoms with Crippen LogP contribution in [-0.2, 0) is 6.42 Å². The monoisotopic (exact) mass is 278 g/mol. The molecule has 1 aromatic carbocycles. The fraction of sp³-hybridized carbons (Fsp3) is 0.533. The van der Waals surface area contributed by atoms with Crippen LogP contribution in [0.5, 0.6) is 5.88 Å². The van der Waals surface area contributed by atoms with Gasteiger partial charge >= 0.3 is 0 Å². The molecule has 0 saturated carbocycles. The molecule has 0 radical (unpaired) electrons. The summed E-state index contributed by atoms with van der Waals surface area (Å²) >= 11 is 1.50. The maximum atomic E-state index is 5.75. The Kier molecular flexibility index (Phi) is 4.77. The van der Waals surface area contributed by atoms with Gasteiger partial charge in [-0.25, -0.2) is 0 Å². The molecule has 2 atom stereocenters. The van der Waals surface area contributed by atoms with E-state index in [1.807, 2.05) is 6.92 Å². The van der Waals surface area contributed by atoms with E-state index in [2.05, 4.69) is 36.4 Å². The quantitative estimate of drug-likeness (QED) is 0.878. The summed E-state index contributed by atoms with van der Waals surface area (Å²) in [6.45, 7) is 6.95. The molecule has 1 aromatic heterocycles. The summed E-state index contributed by atoms with van der Waals surface area (Å²) in [5.41, 5.74) is 7.08. The maximum Gasteiger partial charge on any atom is 0.233 e. The van der Waals surface area contributed by atoms with Crippen LogP contribution in [0.2, 0.25) is 0 Å². The van der Waals surface area contributed by atoms with Gasteiger partial charge in [0.05, 0.1) is 10.1 Å². The van der Waals surface area contributed by atoms with E-state index in [1.165, 1.54) is 33.6 Å². The second kappa shape index (κ2) is 6.35. The first-order valence-electron chi connectivity index (χ1n) is 6.87. The summed E-state index contributed by atoms with van der Waals surface area (Å²) in [4.78, 5) is 0. The average Bonchev–Trinajstić information content (AvgIpc) is 2.80. The molecule has 0 spiro atoms. The van der Waals surface area contributed by atoms with Crippen molar-refractivity contribution in [1.29, 1.82) is 0 Å². The van der Waals surface area contributed by atoms with Crippen molar-refractivity contribution in [3.8, 4) is 5.88 Å². The molecular formula is C15H22N2OS. The van der Waals surface area contributed by atoms with Crippen LogP contribution < -0.4 is 10.5 Å². The van der Waals surface area contributed by atoms with Crippen molar-refractivity contribution < 1.29 is 4.74 Å². The van der Waals surface area contributed by atoms with Crippen molar-refractivity contribution >= 4 is 21.6 Å². The number of rotatable bonds is 6. The van der Waals surface area contributed by atoms with Crippen molar-refractivity contribution in [2.75, 3.05) is 6.61 Å². The first-order valence-corrected chi connectivity index (χ1v) is 7.64. The molecule has 1 heterocycles. The summed E-state index contributed by atoms with van der Waals surface area (Å²) in [6.07, 6.45) is 2.25. The first-order chi connectivity index (χ1) is 9.11. The third-order valence-corrected chi connectivity index (χ3v) is 4.10. The van der Waals surface area contributed by atoms with Gasteiger partial charge in [0.1, 0.15) is 6.61 Å². The Balaban J connectivity index is 2.32. The van der Waals surface area contributed by atoms with Gasteiger partial charge in [0.25, 0.3) is 0 Å². The highest BCUT2D eigenvalue weighted by atomic mass is 32.1. The van der Waals surface area contributed by atoms with Crippen LogP contribution in [0.1, 0.15) is 32.8 Å². The van der Waals surface area contributed by atoms with Gasteiger partial charge in [-0.2, -0.15) is 4.37 Å². The SMILES string of the molecule is CCC(C)Cc1cccc2snc(OCC(C)N)c12. The summed E-state index contributed by atoms with van der Waals surface area (Å²) in [7, 11) is 0. The number of nitrogens with zero attached hydrogens (tertiary/aromatic N) is 1. The minimum absolute atomic E-state index is 0.0264. The van der Waals surface area contributed by atoms with Crippen LogP contribution in [0.25, 0.3) is 10.1 Å². The second-order valence-corrected chi connectivity index (χ2v) is 6.09. The summed E-state index contributed by atoms with van der Waals surface area (Å²) in [5.74, 6) is 1.42. The molecule has 4 heteroatoms. The smallest absolute Gasteiger partial charge is 0.233 e. The van der Waals surface area contributed by atoms with Crippen molar-refractivity contribution in [2.45, 2.75) is 39.7 Å². The van der Waals surface area contributed by atoms with E-state index in [-0.39, 0.29) is 6.04 Å². The lowest BCUT2D eigenvalue weighted by atomic mass is 9.97. The normalized spacial score (nSPS) is 14.5. The molecule has 0 fully saturated rings. The molecule has 2 N–H and O–H groups in total. The number of hydrogen-bond acceptors (Lipinski definition) is 4. The number of fused-ring (bicyclic) bond motifs is 1. The van der Waals surface area contributed by atoms with Crippen molar-refractivity contribution in [1.82, 2.24) is 4.37 Å². The summed E-state index contributed by atoms with van der Waals surface area (Å²) in [6, 6.07) is 6.42. The molecule has 2 unspecified atom stereocenters. The number of aromatic nitrogens is 1. The lowest BCUT2D eigenvalue weighted by molar-refractivity contribution is 0.291. The van der Waals surface area contributed by atoms with Gasteiger partial charge in [-0.3, -0.25) is 0 Å². The molecule has 0 amide bonds. The highest BCUT2D eigenvalue weighted by Gasteiger charge is 2.13. The highest BCUT2D eigenvalue weighted by Crippen LogP contribution is 2.33. The van der Waals surface area contributed by atoms with Crippen LogP contribution in [0.3, 0.4) is 0 Å². The molecule has 0 bridgehead atoms. The van der Waals surface area contributed by atoms with Gasteiger partial charge < -0.3 is 10.5 Å². The fourth-order valence-corrected chi connectivity index (χ4v) is 2.80. The number of hydrogen-bond donors (Lipinski definition) is 1. The maximum absolute atomic E-state index is 5.75. The molecule has 0 aliphatic heterocycles. The van der Waals surface area contributed by atoms with Crippen molar-refractivity contribution in [3.63, 3.8) is 0 Å². The van der Waals surface area contributed by atoms with Gasteiger partial charge in [0.2, 0.25) is 5.88 Å². The van der Waals surface area contributed by atoms with E-state index < -0.39 is 0 Å². The Labute approximate surface area is 118 Å². The van der Waals surface area contributed by atoms with E-state index in [9.17, 15) is 0 Å². The Bertz CT molecular complexity index is 536. The van der Waals surface area contributed by atoms with Gasteiger partial charge in [-0.1, -0.05) is 32.4 Å². The Hall–Kier alpha value is -1.13. The van der Waals surface area contributed by atoms with E-state index in [0.29, 0.717) is 12.5 Å². The lowest BCUT2D eigenvalue weighted by Gasteiger charge is -2.11. The van der Waals surface area contributed by atoms with Crippen LogP contribution in [0.15, 0.2) is 18.2 Å². The van der Waals surface area contributed by atoms with Crippen LogP contribution in [0, 0.1) is 5.92 Å². The van der Waals surface area contributed by atoms with E-state index in [1.54, 1.807) is 0 Å². The van der Waals surface area contributed by atoms with Crippen LogP contribution >= 0.6 is 11.5 Å². The molecule has 0 aliphatic carbocycles. The second-order valence-electron chi connectivity index (χ2n) is 5.28. The van der Waals surface area contributed by atoms with Gasteiger partial charge in [-0.15, -0.1) is 0 Å². The fourth-order valence-electron chi connectivity index (χ4n) is 2.03. The molecule has 2 rings (SSSR count). The standard InChI is InChI=1S/C15H22N2OS/c1-4-10(2)8-12-6-5-7-13-14(12)15(17-19-13)18-9-11(3)16/h5-7,10-11H,4,8-9,16H2,1-3H3. The first kappa shape index (κ1) is 14.3. The molecule has 104 valence electrons. The lowest BCUT2D eigenvalue weighted by Crippen LogP contribution is -2.23. The Morgan fingerprint density at radius 1 is 1.37 bits per heavy atom. The largest absolute Gasteiger partial charge is 0.475 e. The van der Waals surface area contributed by atoms with Gasteiger partial charge in [0.15, 0.2) is 0 Å². The molecular weight excluding hydrogens is 256 g/mol. The molecule has 0 saturated heterocycles. The highest BCUT2D eigenvalue weighted by molar-refractivity contribution is 7.13. The number of benzene rings is 1. The predicted octanol–water partition coefficient (Wildman–Crippen LogP) is 3.61. The molecule has 19 heavy (non-hydrogen) atoms. The third-order valence-electron chi connectivity index (χ3n) is 3.30. The van der Waals surface area contributed by atoms with Crippen LogP contribution in [-0.4, -0.2) is 17.0 Å². The van der Waals surface area contributed by atoms with E-state index in [0.717, 1.165) is 12.3 Å². The van der Waals surface area contributed by atoms with Crippen LogP contribution in [0.4, 0.5) is 0 Å². The van der Waals surface area contributed by atoms with Gasteiger partial charge in [0, 0.05) is 6.04 Å². The van der Waals surface area contributed by atoms with E-state index >= 15 is 0 Å². The van der Waals surface area contributed by atoms with Crippen molar-refractivity contribution in [3.05, 3.63) is 23.8 Å². The Morgan fingerprint density at radius 2 is 2.16 bits per heavy atom. The minimum atomic E-state index is 0.0264. The third kappa shape index (κ3) is 3.45. The molecule has 0 aliphatic rings. The molecule has 3 nitrogen and oxygen atoms in total. The van der Waals surface area contributed by atoms with Gasteiger partial charge in [-0.05, 0) is 42.4 Å². The molecule has 2 aromatic rings. The average molecular weight is 278 g/mol. The predicted molar refractivity (Wildman–Crippen MR) is 81.9 cm³/mol. The number of nitrogens with two attached hydrogens (primary N) is 1. The summed E-state index contributed by atoms with van der Waals surface area (Å²) < 4.78 is 11.4. The zero-order valence-electron chi connectivity index (χ0n) is 11.8. The zero-order chi connectivity index (χ0) is 13.8. The number of ether oxygens (including phenoxy) is 1. The topological polar surface area (TPSA) is 48.1 Å². The van der Waals surface area contributed by atoms with Crippen molar-refractivity contribution in [2.24, 2.45) is 11.7 Å². The minimum Gasteiger partial charge on any atom is -0.475 e.